The summed E-state index contributed by atoms with van der Waals surface area (Å²) in [6.07, 6.45) is 1.33. The Hall–Kier alpha value is -2.80. The highest BCUT2D eigenvalue weighted by molar-refractivity contribution is 7.08. The highest BCUT2D eigenvalue weighted by Crippen LogP contribution is 2.41. The molecule has 1 fully saturated rings. The molecule has 1 amide bonds. The van der Waals surface area contributed by atoms with E-state index in [0.717, 1.165) is 35.3 Å². The van der Waals surface area contributed by atoms with E-state index in [9.17, 15) is 4.79 Å². The van der Waals surface area contributed by atoms with E-state index in [1.165, 1.54) is 7.11 Å². The van der Waals surface area contributed by atoms with Gasteiger partial charge in [0.15, 0.2) is 5.76 Å². The molecule has 3 heterocycles. The van der Waals surface area contributed by atoms with Crippen LogP contribution in [0.25, 0.3) is 11.1 Å². The third-order valence-corrected chi connectivity index (χ3v) is 5.70. The van der Waals surface area contributed by atoms with Crippen molar-refractivity contribution in [2.24, 2.45) is 0 Å². The van der Waals surface area contributed by atoms with Gasteiger partial charge in [-0.15, -0.1) is 0 Å². The maximum Gasteiger partial charge on any atom is 0.409 e. The smallest absolute Gasteiger partial charge is 0.409 e. The molecule has 2 aromatic heterocycles. The van der Waals surface area contributed by atoms with Crippen molar-refractivity contribution in [1.29, 1.82) is 0 Å². The number of ether oxygens (including phenoxy) is 2. The number of thiophene rings is 1. The van der Waals surface area contributed by atoms with Crippen LogP contribution in [0, 0.1) is 0 Å². The number of likely N-dealkylation sites (tertiary alicyclic amines) is 1. The molecule has 1 aromatic carbocycles. The second kappa shape index (κ2) is 8.48. The number of aromatic nitrogens is 1. The van der Waals surface area contributed by atoms with Gasteiger partial charge in [0.05, 0.1) is 12.7 Å². The van der Waals surface area contributed by atoms with E-state index >= 15 is 0 Å². The first kappa shape index (κ1) is 18.6. The monoisotopic (exact) mass is 398 g/mol. The number of hydrogen-bond acceptors (Lipinski definition) is 6. The number of amides is 1. The number of carbonyl (C=O) groups is 1. The van der Waals surface area contributed by atoms with Gasteiger partial charge in [0.25, 0.3) is 5.88 Å². The third kappa shape index (κ3) is 3.89. The van der Waals surface area contributed by atoms with E-state index in [0.29, 0.717) is 25.6 Å². The zero-order chi connectivity index (χ0) is 19.3. The largest absolute Gasteiger partial charge is 0.470 e. The molecule has 3 aromatic rings. The van der Waals surface area contributed by atoms with Crippen LogP contribution in [-0.2, 0) is 11.3 Å². The Morgan fingerprint density at radius 2 is 2.04 bits per heavy atom. The maximum atomic E-state index is 11.7. The topological polar surface area (TPSA) is 64.8 Å². The van der Waals surface area contributed by atoms with Crippen LogP contribution in [0.4, 0.5) is 4.79 Å². The minimum atomic E-state index is -0.277. The van der Waals surface area contributed by atoms with Crippen LogP contribution in [0.1, 0.15) is 30.1 Å². The summed E-state index contributed by atoms with van der Waals surface area (Å²) in [5.41, 5.74) is 3.06. The fraction of sp³-hybridized carbons (Fsp3) is 0.333. The first-order chi connectivity index (χ1) is 13.8. The Kier molecular flexibility index (Phi) is 5.62. The van der Waals surface area contributed by atoms with Crippen LogP contribution in [-0.4, -0.2) is 36.3 Å². The zero-order valence-corrected chi connectivity index (χ0v) is 16.5. The average Bonchev–Trinajstić information content (AvgIpc) is 3.42. The van der Waals surface area contributed by atoms with Gasteiger partial charge >= 0.3 is 6.09 Å². The predicted octanol–water partition coefficient (Wildman–Crippen LogP) is 4.93. The summed E-state index contributed by atoms with van der Waals surface area (Å²) in [6, 6.07) is 12.1. The lowest BCUT2D eigenvalue weighted by Crippen LogP contribution is -2.37. The molecular formula is C21H22N2O4S. The summed E-state index contributed by atoms with van der Waals surface area (Å²) in [4.78, 5) is 13.5. The Balaban J connectivity index is 1.55. The summed E-state index contributed by atoms with van der Waals surface area (Å²) >= 11 is 1.63. The van der Waals surface area contributed by atoms with Crippen molar-refractivity contribution in [1.82, 2.24) is 10.1 Å². The summed E-state index contributed by atoms with van der Waals surface area (Å²) in [5.74, 6) is 1.55. The molecule has 0 atom stereocenters. The Morgan fingerprint density at radius 3 is 2.71 bits per heavy atom. The molecule has 0 bridgehead atoms. The molecular weight excluding hydrogens is 376 g/mol. The van der Waals surface area contributed by atoms with Crippen molar-refractivity contribution < 1.29 is 18.8 Å². The minimum Gasteiger partial charge on any atom is -0.470 e. The molecule has 0 N–H and O–H groups in total. The number of benzene rings is 1. The average molecular weight is 398 g/mol. The zero-order valence-electron chi connectivity index (χ0n) is 15.7. The Bertz CT molecular complexity index is 900. The molecule has 0 radical (unpaired) electrons. The summed E-state index contributed by atoms with van der Waals surface area (Å²) in [7, 11) is 1.41. The van der Waals surface area contributed by atoms with E-state index < -0.39 is 0 Å². The van der Waals surface area contributed by atoms with E-state index in [1.807, 2.05) is 35.7 Å². The molecule has 4 rings (SSSR count). The van der Waals surface area contributed by atoms with Crippen molar-refractivity contribution >= 4 is 17.4 Å². The fourth-order valence-electron chi connectivity index (χ4n) is 3.52. The van der Waals surface area contributed by atoms with E-state index in [4.69, 9.17) is 14.0 Å². The van der Waals surface area contributed by atoms with Crippen molar-refractivity contribution in [3.05, 3.63) is 58.5 Å². The van der Waals surface area contributed by atoms with Crippen LogP contribution in [0.3, 0.4) is 0 Å². The molecule has 7 heteroatoms. The van der Waals surface area contributed by atoms with E-state index in [1.54, 1.807) is 16.2 Å². The number of nitrogens with zero attached hydrogens (tertiary/aromatic N) is 2. The molecule has 28 heavy (non-hydrogen) atoms. The maximum absolute atomic E-state index is 11.7. The van der Waals surface area contributed by atoms with Gasteiger partial charge in [-0.3, -0.25) is 0 Å². The summed E-state index contributed by atoms with van der Waals surface area (Å²) in [5, 5.41) is 8.35. The molecule has 1 aliphatic rings. The van der Waals surface area contributed by atoms with Crippen LogP contribution < -0.4 is 4.74 Å². The first-order valence-corrected chi connectivity index (χ1v) is 10.2. The molecule has 6 nitrogen and oxygen atoms in total. The SMILES string of the molecule is COC(=O)N1CCC(c2onc(OCc3ccccc3)c2-c2ccsc2)CC1. The highest BCUT2D eigenvalue weighted by Gasteiger charge is 2.31. The van der Waals surface area contributed by atoms with Gasteiger partial charge in [-0.1, -0.05) is 30.3 Å². The van der Waals surface area contributed by atoms with Gasteiger partial charge in [0, 0.05) is 24.6 Å². The van der Waals surface area contributed by atoms with Gasteiger partial charge < -0.3 is 18.9 Å². The second-order valence-electron chi connectivity index (χ2n) is 6.74. The quantitative estimate of drug-likeness (QED) is 0.610. The van der Waals surface area contributed by atoms with Gasteiger partial charge in [0.2, 0.25) is 0 Å². The number of methoxy groups -OCH3 is 1. The number of carbonyl (C=O) groups excluding carboxylic acids is 1. The van der Waals surface area contributed by atoms with Gasteiger partial charge in [-0.25, -0.2) is 4.79 Å². The Morgan fingerprint density at radius 1 is 1.25 bits per heavy atom. The molecule has 0 saturated carbocycles. The molecule has 0 unspecified atom stereocenters. The normalized spacial score (nSPS) is 14.8. The van der Waals surface area contributed by atoms with Gasteiger partial charge in [0.1, 0.15) is 6.61 Å². The third-order valence-electron chi connectivity index (χ3n) is 5.01. The summed E-state index contributed by atoms with van der Waals surface area (Å²) in [6.45, 7) is 1.72. The molecule has 0 aliphatic carbocycles. The first-order valence-electron chi connectivity index (χ1n) is 9.28. The minimum absolute atomic E-state index is 0.192. The van der Waals surface area contributed by atoms with Gasteiger partial charge in [-0.2, -0.15) is 11.3 Å². The summed E-state index contributed by atoms with van der Waals surface area (Å²) < 4.78 is 16.6. The van der Waals surface area contributed by atoms with E-state index in [2.05, 4.69) is 16.6 Å². The van der Waals surface area contributed by atoms with Crippen molar-refractivity contribution in [3.63, 3.8) is 0 Å². The predicted molar refractivity (Wildman–Crippen MR) is 107 cm³/mol. The highest BCUT2D eigenvalue weighted by atomic mass is 32.1. The lowest BCUT2D eigenvalue weighted by molar-refractivity contribution is 0.110. The lowest BCUT2D eigenvalue weighted by Gasteiger charge is -2.29. The van der Waals surface area contributed by atoms with Crippen molar-refractivity contribution in [2.75, 3.05) is 20.2 Å². The number of piperidine rings is 1. The fourth-order valence-corrected chi connectivity index (χ4v) is 4.16. The molecule has 1 aliphatic heterocycles. The van der Waals surface area contributed by atoms with Gasteiger partial charge in [-0.05, 0) is 40.4 Å². The number of rotatable bonds is 5. The van der Waals surface area contributed by atoms with Crippen LogP contribution in [0.2, 0.25) is 0 Å². The van der Waals surface area contributed by atoms with Crippen molar-refractivity contribution in [2.45, 2.75) is 25.4 Å². The lowest BCUT2D eigenvalue weighted by atomic mass is 9.91. The van der Waals surface area contributed by atoms with Crippen LogP contribution >= 0.6 is 11.3 Å². The molecule has 0 spiro atoms. The van der Waals surface area contributed by atoms with Crippen LogP contribution in [0.5, 0.6) is 5.88 Å². The standard InChI is InChI=1S/C21H22N2O4S/c1-25-21(24)23-10-7-16(8-11-23)19-18(17-9-12-28-14-17)20(22-27-19)26-13-15-5-3-2-4-6-15/h2-6,9,12,14,16H,7-8,10-11,13H2,1H3. The van der Waals surface area contributed by atoms with Crippen molar-refractivity contribution in [3.8, 4) is 17.0 Å². The molecule has 1 saturated heterocycles. The van der Waals surface area contributed by atoms with E-state index in [-0.39, 0.29) is 12.0 Å². The van der Waals surface area contributed by atoms with Crippen LogP contribution in [0.15, 0.2) is 51.7 Å². The number of hydrogen-bond donors (Lipinski definition) is 0. The molecule has 146 valence electrons. The second-order valence-corrected chi connectivity index (χ2v) is 7.52. The Labute approximate surface area is 167 Å².